The third kappa shape index (κ3) is 6.00. The Hall–Kier alpha value is -4.47. The van der Waals surface area contributed by atoms with Gasteiger partial charge in [0.05, 0.1) is 43.4 Å². The van der Waals surface area contributed by atoms with Crippen molar-refractivity contribution in [2.75, 3.05) is 20.3 Å². The Morgan fingerprint density at radius 1 is 0.846 bits per heavy atom. The lowest BCUT2D eigenvalue weighted by Crippen LogP contribution is -2.15. The van der Waals surface area contributed by atoms with Gasteiger partial charge in [-0.15, -0.1) is 0 Å². The van der Waals surface area contributed by atoms with Gasteiger partial charge in [0.25, 0.3) is 0 Å². The Bertz CT molecular complexity index is 1490. The molecule has 1 heterocycles. The summed E-state index contributed by atoms with van der Waals surface area (Å²) in [5, 5.41) is 0.396. The number of fused-ring (bicyclic) bond motifs is 1. The quantitative estimate of drug-likeness (QED) is 0.219. The van der Waals surface area contributed by atoms with Crippen molar-refractivity contribution in [2.24, 2.45) is 0 Å². The number of halogens is 3. The van der Waals surface area contributed by atoms with E-state index in [0.717, 1.165) is 12.1 Å². The van der Waals surface area contributed by atoms with Crippen molar-refractivity contribution in [2.45, 2.75) is 26.4 Å². The van der Waals surface area contributed by atoms with Gasteiger partial charge in [-0.25, -0.2) is 4.79 Å². The molecule has 10 heteroatoms. The van der Waals surface area contributed by atoms with Crippen molar-refractivity contribution in [1.29, 1.82) is 0 Å². The highest BCUT2D eigenvalue weighted by molar-refractivity contribution is 6.07. The lowest BCUT2D eigenvalue weighted by atomic mass is 10.1. The van der Waals surface area contributed by atoms with Gasteiger partial charge in [-0.3, -0.25) is 4.79 Å². The molecule has 0 bridgehead atoms. The summed E-state index contributed by atoms with van der Waals surface area (Å²) in [6, 6.07) is 16.3. The van der Waals surface area contributed by atoms with Gasteiger partial charge in [-0.1, -0.05) is 6.07 Å². The summed E-state index contributed by atoms with van der Waals surface area (Å²) in [4.78, 5) is 25.8. The molecule has 0 aliphatic carbocycles. The molecule has 0 fully saturated rings. The van der Waals surface area contributed by atoms with Gasteiger partial charge >= 0.3 is 18.1 Å². The summed E-state index contributed by atoms with van der Waals surface area (Å²) in [6.07, 6.45) is -4.76. The van der Waals surface area contributed by atoms with Crippen LogP contribution in [0.5, 0.6) is 17.2 Å². The Balaban J connectivity index is 1.91. The first-order chi connectivity index (χ1) is 18.7. The van der Waals surface area contributed by atoms with E-state index in [9.17, 15) is 22.8 Å². The average molecular weight is 542 g/mol. The second-order valence-electron chi connectivity index (χ2n) is 8.36. The summed E-state index contributed by atoms with van der Waals surface area (Å²) in [6.45, 7) is 3.59. The maximum atomic E-state index is 13.2. The molecular formula is C29H26F3NO6. The largest absolute Gasteiger partial charge is 0.497 e. The van der Waals surface area contributed by atoms with E-state index >= 15 is 0 Å². The maximum absolute atomic E-state index is 13.2. The van der Waals surface area contributed by atoms with E-state index in [1.54, 1.807) is 54.8 Å². The van der Waals surface area contributed by atoms with E-state index in [2.05, 4.69) is 0 Å². The van der Waals surface area contributed by atoms with Crippen LogP contribution in [0.25, 0.3) is 16.6 Å². The monoisotopic (exact) mass is 541 g/mol. The van der Waals surface area contributed by atoms with Gasteiger partial charge in [0, 0.05) is 16.8 Å². The molecule has 0 spiro atoms. The molecule has 0 atom stereocenters. The number of carbonyl (C=O) groups excluding carboxylic acids is 2. The normalized spacial score (nSPS) is 11.3. The van der Waals surface area contributed by atoms with E-state index in [1.165, 1.54) is 25.3 Å². The number of nitrogens with zero attached hydrogens (tertiary/aromatic N) is 1. The first-order valence-electron chi connectivity index (χ1n) is 12.2. The molecule has 0 N–H and O–H groups in total. The van der Waals surface area contributed by atoms with Crippen LogP contribution < -0.4 is 9.47 Å². The van der Waals surface area contributed by atoms with Crippen molar-refractivity contribution in [3.05, 3.63) is 83.6 Å². The van der Waals surface area contributed by atoms with Crippen LogP contribution in [0, 0.1) is 0 Å². The van der Waals surface area contributed by atoms with Crippen molar-refractivity contribution < 1.29 is 41.7 Å². The molecule has 39 heavy (non-hydrogen) atoms. The number of benzene rings is 3. The molecule has 4 rings (SSSR count). The Kier molecular flexibility index (Phi) is 8.13. The lowest BCUT2D eigenvalue weighted by molar-refractivity contribution is -0.142. The second kappa shape index (κ2) is 11.5. The van der Waals surface area contributed by atoms with Crippen LogP contribution in [0.15, 0.2) is 66.7 Å². The number of hydrogen-bond acceptors (Lipinski definition) is 6. The van der Waals surface area contributed by atoms with Gasteiger partial charge in [0.1, 0.15) is 17.2 Å². The molecule has 204 valence electrons. The molecule has 3 aromatic carbocycles. The van der Waals surface area contributed by atoms with Crippen molar-refractivity contribution in [3.63, 3.8) is 0 Å². The van der Waals surface area contributed by atoms with Crippen LogP contribution >= 0.6 is 0 Å². The predicted octanol–water partition coefficient (Wildman–Crippen LogP) is 6.73. The zero-order valence-corrected chi connectivity index (χ0v) is 21.5. The molecule has 1 aromatic heterocycles. The minimum absolute atomic E-state index is 0.0248. The molecule has 7 nitrogen and oxygen atoms in total. The molecule has 4 aromatic rings. The number of ether oxygens (including phenoxy) is 4. The van der Waals surface area contributed by atoms with Crippen molar-refractivity contribution in [1.82, 2.24) is 4.57 Å². The third-order valence-corrected chi connectivity index (χ3v) is 5.86. The highest BCUT2D eigenvalue weighted by atomic mass is 19.4. The van der Waals surface area contributed by atoms with Gasteiger partial charge < -0.3 is 23.5 Å². The molecule has 0 radical (unpaired) electrons. The van der Waals surface area contributed by atoms with Gasteiger partial charge in [0.2, 0.25) is 0 Å². The van der Waals surface area contributed by atoms with Gasteiger partial charge in [-0.05, 0) is 74.5 Å². The second-order valence-corrected chi connectivity index (χ2v) is 8.36. The SMILES string of the molecule is CCOC(=O)Cc1c(C(=O)OCC)c2cc(Oc3cccc(C(F)(F)F)c3)ccc2n1-c1ccc(OC)cc1. The highest BCUT2D eigenvalue weighted by Crippen LogP contribution is 2.37. The van der Waals surface area contributed by atoms with Crippen molar-refractivity contribution in [3.8, 4) is 22.9 Å². The van der Waals surface area contributed by atoms with Crippen LogP contribution in [0.2, 0.25) is 0 Å². The lowest BCUT2D eigenvalue weighted by Gasteiger charge is -2.13. The summed E-state index contributed by atoms with van der Waals surface area (Å²) in [5.74, 6) is -0.416. The Morgan fingerprint density at radius 3 is 2.15 bits per heavy atom. The van der Waals surface area contributed by atoms with Crippen LogP contribution in [-0.2, 0) is 26.9 Å². The highest BCUT2D eigenvalue weighted by Gasteiger charge is 2.31. The summed E-state index contributed by atoms with van der Waals surface area (Å²) in [5.41, 5.74) is 0.810. The summed E-state index contributed by atoms with van der Waals surface area (Å²) in [7, 11) is 1.54. The number of methoxy groups -OCH3 is 1. The van der Waals surface area contributed by atoms with Crippen LogP contribution in [0.1, 0.15) is 35.5 Å². The Morgan fingerprint density at radius 2 is 1.51 bits per heavy atom. The number of aromatic nitrogens is 1. The topological polar surface area (TPSA) is 76.0 Å². The number of esters is 2. The first-order valence-corrected chi connectivity index (χ1v) is 12.2. The number of carbonyl (C=O) groups is 2. The minimum atomic E-state index is -4.53. The predicted molar refractivity (Wildman–Crippen MR) is 138 cm³/mol. The molecule has 0 aliphatic heterocycles. The standard InChI is InChI=1S/C29H26F3NO6/c1-4-37-26(34)17-25-27(28(35)38-5-2)23-16-22(39-21-8-6-7-18(15-21)29(30,31)32)13-14-24(23)33(25)19-9-11-20(36-3)12-10-19/h6-16H,4-5,17H2,1-3H3. The summed E-state index contributed by atoms with van der Waals surface area (Å²) >= 11 is 0. The number of hydrogen-bond donors (Lipinski definition) is 0. The summed E-state index contributed by atoms with van der Waals surface area (Å²) < 4.78 is 62.8. The van der Waals surface area contributed by atoms with Crippen molar-refractivity contribution >= 4 is 22.8 Å². The van der Waals surface area contributed by atoms with E-state index < -0.39 is 23.7 Å². The minimum Gasteiger partial charge on any atom is -0.497 e. The fraction of sp³-hybridized carbons (Fsp3) is 0.241. The number of alkyl halides is 3. The molecular weight excluding hydrogens is 515 g/mol. The maximum Gasteiger partial charge on any atom is 0.416 e. The van der Waals surface area contributed by atoms with Crippen LogP contribution in [0.4, 0.5) is 13.2 Å². The molecule has 0 aliphatic rings. The van der Waals surface area contributed by atoms with Crippen LogP contribution in [-0.4, -0.2) is 36.8 Å². The fourth-order valence-electron chi connectivity index (χ4n) is 4.23. The van der Waals surface area contributed by atoms with Crippen LogP contribution in [0.3, 0.4) is 0 Å². The average Bonchev–Trinajstić information content (AvgIpc) is 3.21. The molecule has 0 amide bonds. The molecule has 0 saturated carbocycles. The molecule has 0 unspecified atom stereocenters. The third-order valence-electron chi connectivity index (χ3n) is 5.86. The van der Waals surface area contributed by atoms with E-state index in [0.29, 0.717) is 28.0 Å². The fourth-order valence-corrected chi connectivity index (χ4v) is 4.23. The zero-order valence-electron chi connectivity index (χ0n) is 21.5. The Labute approximate surface area is 222 Å². The van der Waals surface area contributed by atoms with E-state index in [4.69, 9.17) is 18.9 Å². The smallest absolute Gasteiger partial charge is 0.416 e. The zero-order chi connectivity index (χ0) is 28.2. The van der Waals surface area contributed by atoms with Gasteiger partial charge in [0.15, 0.2) is 0 Å². The first kappa shape index (κ1) is 27.6. The van der Waals surface area contributed by atoms with E-state index in [1.807, 2.05) is 0 Å². The number of rotatable bonds is 9. The van der Waals surface area contributed by atoms with E-state index in [-0.39, 0.29) is 36.7 Å². The van der Waals surface area contributed by atoms with Gasteiger partial charge in [-0.2, -0.15) is 13.2 Å². The molecule has 0 saturated heterocycles.